The molecule has 1 aromatic carbocycles. The van der Waals surface area contributed by atoms with Crippen molar-refractivity contribution in [2.75, 3.05) is 5.32 Å². The average Bonchev–Trinajstić information content (AvgIpc) is 2.34. The van der Waals surface area contributed by atoms with Gasteiger partial charge in [-0.3, -0.25) is 4.98 Å². The Morgan fingerprint density at radius 3 is 2.56 bits per heavy atom. The van der Waals surface area contributed by atoms with Gasteiger partial charge in [0, 0.05) is 5.69 Å². The summed E-state index contributed by atoms with van der Waals surface area (Å²) in [5.74, 6) is -0.454. The van der Waals surface area contributed by atoms with E-state index in [1.165, 1.54) is 12.1 Å². The Kier molecular flexibility index (Phi) is 3.74. The molecule has 2 aromatic rings. The molecule has 0 unspecified atom stereocenters. The zero-order valence-electron chi connectivity index (χ0n) is 9.15. The number of rotatable bonds is 3. The number of nitrogens with zero attached hydrogens (tertiary/aromatic N) is 1. The molecule has 2 rings (SSSR count). The van der Waals surface area contributed by atoms with Gasteiger partial charge < -0.3 is 11.1 Å². The van der Waals surface area contributed by atoms with E-state index in [9.17, 15) is 4.39 Å². The van der Waals surface area contributed by atoms with Gasteiger partial charge in [-0.15, -0.1) is 0 Å². The first kappa shape index (κ1) is 12.7. The van der Waals surface area contributed by atoms with Crippen LogP contribution in [0.2, 0.25) is 5.02 Å². The van der Waals surface area contributed by atoms with Gasteiger partial charge in [-0.2, -0.15) is 0 Å². The van der Waals surface area contributed by atoms with Crippen LogP contribution in [-0.4, -0.2) is 9.97 Å². The van der Waals surface area contributed by atoms with Crippen LogP contribution in [0.1, 0.15) is 5.69 Å². The quantitative estimate of drug-likeness (QED) is 0.848. The van der Waals surface area contributed by atoms with E-state index in [2.05, 4.69) is 10.3 Å². The van der Waals surface area contributed by atoms with Crippen LogP contribution in [0.5, 0.6) is 0 Å². The van der Waals surface area contributed by atoms with Gasteiger partial charge in [-0.25, -0.2) is 4.39 Å². The fourth-order valence-corrected chi connectivity index (χ4v) is 1.66. The third-order valence-electron chi connectivity index (χ3n) is 2.22. The van der Waals surface area contributed by atoms with Crippen molar-refractivity contribution >= 4 is 40.2 Å². The average molecular weight is 282 g/mol. The number of anilines is 2. The maximum Gasteiger partial charge on any atom is 0.141 e. The van der Waals surface area contributed by atoms with Crippen LogP contribution in [-0.2, 0) is 0 Å². The van der Waals surface area contributed by atoms with Crippen molar-refractivity contribution in [1.29, 1.82) is 0 Å². The van der Waals surface area contributed by atoms with Crippen molar-refractivity contribution in [2.45, 2.75) is 0 Å². The topological polar surface area (TPSA) is 50.9 Å². The van der Waals surface area contributed by atoms with Crippen LogP contribution < -0.4 is 11.1 Å². The Labute approximate surface area is 114 Å². The first-order valence-corrected chi connectivity index (χ1v) is 5.83. The molecular weight excluding hydrogens is 273 g/mol. The summed E-state index contributed by atoms with van der Waals surface area (Å²) < 4.78 is 13.0. The van der Waals surface area contributed by atoms with Crippen molar-refractivity contribution in [3.63, 3.8) is 0 Å². The second-order valence-electron chi connectivity index (χ2n) is 3.55. The zero-order chi connectivity index (χ0) is 13.1. The van der Waals surface area contributed by atoms with Crippen LogP contribution in [0.25, 0.3) is 0 Å². The fourth-order valence-electron chi connectivity index (χ4n) is 1.35. The normalized spacial score (nSPS) is 10.1. The summed E-state index contributed by atoms with van der Waals surface area (Å²) in [6.07, 6.45) is 1.59. The summed E-state index contributed by atoms with van der Waals surface area (Å²) in [5.41, 5.74) is 7.40. The monoisotopic (exact) mass is 281 g/mol. The molecule has 1 aromatic heterocycles. The molecule has 0 bridgehead atoms. The summed E-state index contributed by atoms with van der Waals surface area (Å²) in [6, 6.07) is 7.86. The number of pyridine rings is 1. The number of benzene rings is 1. The number of nitrogens with one attached hydrogen (secondary N) is 1. The van der Waals surface area contributed by atoms with Crippen molar-refractivity contribution < 1.29 is 4.39 Å². The second kappa shape index (κ2) is 5.29. The molecule has 0 amide bonds. The van der Waals surface area contributed by atoms with E-state index < -0.39 is 5.82 Å². The van der Waals surface area contributed by atoms with Crippen LogP contribution in [0.4, 0.5) is 15.8 Å². The maximum absolute atomic E-state index is 13.0. The van der Waals surface area contributed by atoms with Gasteiger partial charge in [0.2, 0.25) is 0 Å². The molecule has 3 N–H and O–H groups in total. The molecule has 0 spiro atoms. The Morgan fingerprint density at radius 2 is 2.00 bits per heavy atom. The van der Waals surface area contributed by atoms with Crippen molar-refractivity contribution in [2.24, 2.45) is 5.73 Å². The highest BCUT2D eigenvalue weighted by molar-refractivity contribution is 7.80. The molecule has 92 valence electrons. The molecule has 0 saturated carbocycles. The van der Waals surface area contributed by atoms with Crippen molar-refractivity contribution in [3.05, 3.63) is 53.1 Å². The van der Waals surface area contributed by atoms with Crippen LogP contribution in [0, 0.1) is 5.82 Å². The van der Waals surface area contributed by atoms with Gasteiger partial charge in [0.05, 0.1) is 22.6 Å². The third kappa shape index (κ3) is 2.94. The Hall–Kier alpha value is -1.72. The molecule has 0 aliphatic carbocycles. The lowest BCUT2D eigenvalue weighted by Gasteiger charge is -2.07. The third-order valence-corrected chi connectivity index (χ3v) is 2.72. The van der Waals surface area contributed by atoms with Gasteiger partial charge in [0.1, 0.15) is 10.8 Å². The van der Waals surface area contributed by atoms with E-state index in [-0.39, 0.29) is 10.0 Å². The van der Waals surface area contributed by atoms with Gasteiger partial charge in [-0.05, 0) is 30.3 Å². The Balaban J connectivity index is 2.18. The fraction of sp³-hybridized carbons (Fsp3) is 0. The minimum atomic E-state index is -0.454. The minimum Gasteiger partial charge on any atom is -0.388 e. The molecule has 3 nitrogen and oxygen atoms in total. The lowest BCUT2D eigenvalue weighted by molar-refractivity contribution is 0.628. The van der Waals surface area contributed by atoms with Gasteiger partial charge in [-0.1, -0.05) is 23.8 Å². The Bertz CT molecular complexity index is 586. The van der Waals surface area contributed by atoms with Crippen molar-refractivity contribution in [1.82, 2.24) is 4.98 Å². The highest BCUT2D eigenvalue weighted by Crippen LogP contribution is 2.22. The van der Waals surface area contributed by atoms with Crippen LogP contribution in [0.3, 0.4) is 0 Å². The predicted octanol–water partition coefficient (Wildman–Crippen LogP) is 3.25. The number of thiocarbonyl (C=S) groups is 1. The number of halogens is 2. The molecule has 1 heterocycles. The summed E-state index contributed by atoms with van der Waals surface area (Å²) >= 11 is 10.5. The summed E-state index contributed by atoms with van der Waals surface area (Å²) in [7, 11) is 0. The van der Waals surface area contributed by atoms with E-state index in [1.54, 1.807) is 24.4 Å². The van der Waals surface area contributed by atoms with E-state index in [0.717, 1.165) is 5.69 Å². The first-order chi connectivity index (χ1) is 8.56. The standard InChI is InChI=1S/C12H9ClFN3S/c13-9-5-7(1-3-10(9)14)17-8-2-4-11(12(15)18)16-6-8/h1-6,17H,(H2,15,18). The smallest absolute Gasteiger partial charge is 0.141 e. The Morgan fingerprint density at radius 1 is 1.28 bits per heavy atom. The lowest BCUT2D eigenvalue weighted by Crippen LogP contribution is -2.11. The summed E-state index contributed by atoms with van der Waals surface area (Å²) in [6.45, 7) is 0. The zero-order valence-corrected chi connectivity index (χ0v) is 10.7. The largest absolute Gasteiger partial charge is 0.388 e. The number of nitrogens with two attached hydrogens (primary N) is 1. The van der Waals surface area contributed by atoms with Crippen LogP contribution >= 0.6 is 23.8 Å². The molecule has 0 radical (unpaired) electrons. The molecule has 6 heteroatoms. The first-order valence-electron chi connectivity index (χ1n) is 5.04. The number of aromatic nitrogens is 1. The number of hydrogen-bond donors (Lipinski definition) is 2. The van der Waals surface area contributed by atoms with Crippen LogP contribution in [0.15, 0.2) is 36.5 Å². The number of hydrogen-bond acceptors (Lipinski definition) is 3. The SMILES string of the molecule is NC(=S)c1ccc(Nc2ccc(F)c(Cl)c2)cn1. The summed E-state index contributed by atoms with van der Waals surface area (Å²) in [5, 5.41) is 3.10. The lowest BCUT2D eigenvalue weighted by atomic mass is 10.3. The van der Waals surface area contributed by atoms with E-state index in [4.69, 9.17) is 29.6 Å². The predicted molar refractivity (Wildman–Crippen MR) is 74.8 cm³/mol. The highest BCUT2D eigenvalue weighted by Gasteiger charge is 2.02. The van der Waals surface area contributed by atoms with Gasteiger partial charge in [0.15, 0.2) is 0 Å². The molecule has 0 aliphatic heterocycles. The minimum absolute atomic E-state index is 0.0627. The van der Waals surface area contributed by atoms with Gasteiger partial charge in [0.25, 0.3) is 0 Å². The van der Waals surface area contributed by atoms with Gasteiger partial charge >= 0.3 is 0 Å². The molecule has 0 aliphatic rings. The highest BCUT2D eigenvalue weighted by atomic mass is 35.5. The molecule has 0 fully saturated rings. The molecule has 0 atom stereocenters. The van der Waals surface area contributed by atoms with Crippen molar-refractivity contribution in [3.8, 4) is 0 Å². The molecule has 18 heavy (non-hydrogen) atoms. The van der Waals surface area contributed by atoms with E-state index in [0.29, 0.717) is 11.4 Å². The maximum atomic E-state index is 13.0. The van der Waals surface area contributed by atoms with E-state index >= 15 is 0 Å². The second-order valence-corrected chi connectivity index (χ2v) is 4.40. The molecule has 0 saturated heterocycles. The summed E-state index contributed by atoms with van der Waals surface area (Å²) in [4.78, 5) is 4.32. The van der Waals surface area contributed by atoms with E-state index in [1.807, 2.05) is 0 Å². The molecular formula is C12H9ClFN3S.